The van der Waals surface area contributed by atoms with Crippen molar-refractivity contribution in [2.24, 2.45) is 0 Å². The van der Waals surface area contributed by atoms with Crippen LogP contribution in [0.1, 0.15) is 18.4 Å². The van der Waals surface area contributed by atoms with Gasteiger partial charge in [0.05, 0.1) is 0 Å². The molecule has 0 aromatic heterocycles. The molecule has 5 heteroatoms. The summed E-state index contributed by atoms with van der Waals surface area (Å²) >= 11 is 6.09. The molecule has 1 aromatic rings. The number of benzene rings is 1. The molecule has 0 spiro atoms. The number of carbonyl (C=O) groups excluding carboxylic acids is 1. The number of rotatable bonds is 5. The number of amides is 1. The van der Waals surface area contributed by atoms with Crippen LogP contribution in [0.3, 0.4) is 0 Å². The molecule has 21 heavy (non-hydrogen) atoms. The number of nitrogens with zero attached hydrogens (tertiary/aromatic N) is 2. The molecular weight excluding hydrogens is 286 g/mol. The molecule has 0 atom stereocenters. The van der Waals surface area contributed by atoms with E-state index in [1.165, 1.54) is 11.3 Å². The Morgan fingerprint density at radius 1 is 1.29 bits per heavy atom. The van der Waals surface area contributed by atoms with Crippen molar-refractivity contribution in [3.8, 4) is 0 Å². The first kappa shape index (κ1) is 16.1. The van der Waals surface area contributed by atoms with Crippen LogP contribution in [0.5, 0.6) is 0 Å². The zero-order valence-corrected chi connectivity index (χ0v) is 13.6. The van der Waals surface area contributed by atoms with E-state index in [1.807, 2.05) is 30.1 Å². The molecule has 1 amide bonds. The molecule has 1 heterocycles. The van der Waals surface area contributed by atoms with Crippen molar-refractivity contribution in [3.63, 3.8) is 0 Å². The Hall–Kier alpha value is -1.26. The predicted molar refractivity (Wildman–Crippen MR) is 88.1 cm³/mol. The predicted octanol–water partition coefficient (Wildman–Crippen LogP) is 2.30. The lowest BCUT2D eigenvalue weighted by molar-refractivity contribution is -0.131. The van der Waals surface area contributed by atoms with Crippen molar-refractivity contribution in [2.45, 2.75) is 19.8 Å². The molecule has 0 radical (unpaired) electrons. The average Bonchev–Trinajstić information content (AvgIpc) is 2.50. The largest absolute Gasteiger partial charge is 0.368 e. The van der Waals surface area contributed by atoms with Crippen molar-refractivity contribution >= 4 is 23.2 Å². The highest BCUT2D eigenvalue weighted by Gasteiger charge is 2.21. The fourth-order valence-electron chi connectivity index (χ4n) is 2.69. The highest BCUT2D eigenvalue weighted by atomic mass is 35.5. The second kappa shape index (κ2) is 7.66. The van der Waals surface area contributed by atoms with Crippen LogP contribution in [0.15, 0.2) is 18.2 Å². The summed E-state index contributed by atoms with van der Waals surface area (Å²) in [5.74, 6) is 0.271. The minimum atomic E-state index is 0.271. The third-order valence-electron chi connectivity index (χ3n) is 3.96. The van der Waals surface area contributed by atoms with Gasteiger partial charge in [-0.3, -0.25) is 4.79 Å². The molecule has 1 aliphatic heterocycles. The maximum atomic E-state index is 12.1. The Kier molecular flexibility index (Phi) is 5.88. The van der Waals surface area contributed by atoms with Crippen LogP contribution in [0.4, 0.5) is 5.69 Å². The molecule has 1 aliphatic rings. The van der Waals surface area contributed by atoms with Crippen molar-refractivity contribution in [1.29, 1.82) is 0 Å². The number of anilines is 1. The number of halogens is 1. The summed E-state index contributed by atoms with van der Waals surface area (Å²) in [6.45, 7) is 6.33. The second-order valence-corrected chi connectivity index (χ2v) is 5.94. The highest BCUT2D eigenvalue weighted by Crippen LogP contribution is 2.25. The molecular formula is C16H24ClN3O. The Labute approximate surface area is 132 Å². The molecule has 1 saturated heterocycles. The number of nitrogens with one attached hydrogen (secondary N) is 1. The van der Waals surface area contributed by atoms with E-state index in [-0.39, 0.29) is 5.91 Å². The zero-order valence-electron chi connectivity index (χ0n) is 12.9. The molecule has 0 bridgehead atoms. The lowest BCUT2D eigenvalue weighted by atomic mass is 10.1. The molecule has 4 nitrogen and oxygen atoms in total. The second-order valence-electron chi connectivity index (χ2n) is 5.51. The minimum Gasteiger partial charge on any atom is -0.368 e. The molecule has 116 valence electrons. The number of carbonyl (C=O) groups is 1. The van der Waals surface area contributed by atoms with Gasteiger partial charge < -0.3 is 15.1 Å². The minimum absolute atomic E-state index is 0.271. The summed E-state index contributed by atoms with van der Waals surface area (Å²) in [7, 11) is 1.91. The SMILES string of the molecule is CNCCCC(=O)N1CCN(c2cc(Cl)ccc2C)CC1. The fraction of sp³-hybridized carbons (Fsp3) is 0.562. The maximum absolute atomic E-state index is 12.1. The zero-order chi connectivity index (χ0) is 15.2. The summed E-state index contributed by atoms with van der Waals surface area (Å²) in [6, 6.07) is 5.98. The number of hydrogen-bond acceptors (Lipinski definition) is 3. The summed E-state index contributed by atoms with van der Waals surface area (Å²) < 4.78 is 0. The Balaban J connectivity index is 1.88. The Morgan fingerprint density at radius 2 is 2.00 bits per heavy atom. The van der Waals surface area contributed by atoms with Crippen LogP contribution < -0.4 is 10.2 Å². The number of aryl methyl sites for hydroxylation is 1. The molecule has 2 rings (SSSR count). The first-order valence-electron chi connectivity index (χ1n) is 7.55. The number of hydrogen-bond donors (Lipinski definition) is 1. The van der Waals surface area contributed by atoms with Crippen molar-refractivity contribution in [3.05, 3.63) is 28.8 Å². The highest BCUT2D eigenvalue weighted by molar-refractivity contribution is 6.30. The average molecular weight is 310 g/mol. The third-order valence-corrected chi connectivity index (χ3v) is 4.20. The van der Waals surface area contributed by atoms with Gasteiger partial charge in [-0.1, -0.05) is 17.7 Å². The van der Waals surface area contributed by atoms with Gasteiger partial charge in [0.2, 0.25) is 5.91 Å². The van der Waals surface area contributed by atoms with E-state index < -0.39 is 0 Å². The van der Waals surface area contributed by atoms with Crippen LogP contribution in [-0.2, 0) is 4.79 Å². The fourth-order valence-corrected chi connectivity index (χ4v) is 2.86. The molecule has 0 saturated carbocycles. The van der Waals surface area contributed by atoms with Gasteiger partial charge in [0.25, 0.3) is 0 Å². The number of piperazine rings is 1. The van der Waals surface area contributed by atoms with Gasteiger partial charge in [0, 0.05) is 43.3 Å². The van der Waals surface area contributed by atoms with Crippen LogP contribution in [0.2, 0.25) is 5.02 Å². The quantitative estimate of drug-likeness (QED) is 0.848. The molecule has 1 aromatic carbocycles. The van der Waals surface area contributed by atoms with Gasteiger partial charge in [-0.15, -0.1) is 0 Å². The van der Waals surface area contributed by atoms with E-state index in [4.69, 9.17) is 11.6 Å². The van der Waals surface area contributed by atoms with Crippen LogP contribution in [0, 0.1) is 6.92 Å². The summed E-state index contributed by atoms with van der Waals surface area (Å²) in [4.78, 5) is 16.4. The molecule has 0 unspecified atom stereocenters. The van der Waals surface area contributed by atoms with E-state index in [0.717, 1.165) is 44.2 Å². The normalized spacial score (nSPS) is 15.4. The van der Waals surface area contributed by atoms with Gasteiger partial charge in [-0.25, -0.2) is 0 Å². The van der Waals surface area contributed by atoms with Gasteiger partial charge in [-0.2, -0.15) is 0 Å². The van der Waals surface area contributed by atoms with Gasteiger partial charge >= 0.3 is 0 Å². The van der Waals surface area contributed by atoms with Crippen LogP contribution in [-0.4, -0.2) is 50.6 Å². The van der Waals surface area contributed by atoms with E-state index >= 15 is 0 Å². The molecule has 0 aliphatic carbocycles. The van der Waals surface area contributed by atoms with Gasteiger partial charge in [-0.05, 0) is 44.6 Å². The molecule has 1 N–H and O–H groups in total. The summed E-state index contributed by atoms with van der Waals surface area (Å²) in [6.07, 6.45) is 1.54. The first-order valence-corrected chi connectivity index (χ1v) is 7.93. The van der Waals surface area contributed by atoms with Crippen molar-refractivity contribution in [1.82, 2.24) is 10.2 Å². The van der Waals surface area contributed by atoms with Crippen molar-refractivity contribution in [2.75, 3.05) is 44.7 Å². The van der Waals surface area contributed by atoms with Crippen LogP contribution >= 0.6 is 11.6 Å². The maximum Gasteiger partial charge on any atom is 0.222 e. The summed E-state index contributed by atoms with van der Waals surface area (Å²) in [5.41, 5.74) is 2.41. The monoisotopic (exact) mass is 309 g/mol. The standard InChI is InChI=1S/C16H24ClN3O/c1-13-5-6-14(17)12-15(13)19-8-10-20(11-9-19)16(21)4-3-7-18-2/h5-6,12,18H,3-4,7-11H2,1-2H3. The first-order chi connectivity index (χ1) is 10.1. The Morgan fingerprint density at radius 3 is 2.67 bits per heavy atom. The van der Waals surface area contributed by atoms with Gasteiger partial charge in [0.1, 0.15) is 0 Å². The topological polar surface area (TPSA) is 35.6 Å². The van der Waals surface area contributed by atoms with E-state index in [2.05, 4.69) is 17.1 Å². The van der Waals surface area contributed by atoms with Gasteiger partial charge in [0.15, 0.2) is 0 Å². The van der Waals surface area contributed by atoms with E-state index in [0.29, 0.717) is 6.42 Å². The lowest BCUT2D eigenvalue weighted by Gasteiger charge is -2.37. The Bertz CT molecular complexity index is 484. The smallest absolute Gasteiger partial charge is 0.222 e. The van der Waals surface area contributed by atoms with E-state index in [9.17, 15) is 4.79 Å². The van der Waals surface area contributed by atoms with Crippen LogP contribution in [0.25, 0.3) is 0 Å². The lowest BCUT2D eigenvalue weighted by Crippen LogP contribution is -2.49. The third kappa shape index (κ3) is 4.35. The summed E-state index contributed by atoms with van der Waals surface area (Å²) in [5, 5.41) is 3.84. The molecule has 1 fully saturated rings. The van der Waals surface area contributed by atoms with Crippen molar-refractivity contribution < 1.29 is 4.79 Å². The van der Waals surface area contributed by atoms with E-state index in [1.54, 1.807) is 0 Å².